The minimum atomic E-state index is -0.803. The highest BCUT2D eigenvalue weighted by molar-refractivity contribution is 5.79. The van der Waals surface area contributed by atoms with Crippen LogP contribution in [0.1, 0.15) is 13.3 Å². The molecule has 0 rings (SSSR count). The molecule has 0 aromatic heterocycles. The summed E-state index contributed by atoms with van der Waals surface area (Å²) in [6.45, 7) is 1.93. The van der Waals surface area contributed by atoms with Crippen LogP contribution in [0.15, 0.2) is 0 Å². The third-order valence-electron chi connectivity index (χ3n) is 1.89. The van der Waals surface area contributed by atoms with Crippen molar-refractivity contribution in [1.29, 1.82) is 0 Å². The van der Waals surface area contributed by atoms with Crippen molar-refractivity contribution in [3.63, 3.8) is 0 Å². The largest absolute Gasteiger partial charge is 0.377 e. The van der Waals surface area contributed by atoms with Gasteiger partial charge in [-0.3, -0.25) is 9.69 Å². The molecule has 0 heterocycles. The molecule has 0 aliphatic heterocycles. The Hall–Kier alpha value is -0.650. The summed E-state index contributed by atoms with van der Waals surface area (Å²) in [6, 6.07) is -0.441. The van der Waals surface area contributed by atoms with E-state index in [0.29, 0.717) is 6.42 Å². The van der Waals surface area contributed by atoms with Crippen molar-refractivity contribution in [3.05, 3.63) is 0 Å². The van der Waals surface area contributed by atoms with Crippen molar-refractivity contribution in [2.24, 2.45) is 11.5 Å². The molecule has 0 saturated carbocycles. The summed E-state index contributed by atoms with van der Waals surface area (Å²) < 4.78 is 0. The third-order valence-corrected chi connectivity index (χ3v) is 1.89. The second kappa shape index (κ2) is 5.08. The summed E-state index contributed by atoms with van der Waals surface area (Å²) in [6.07, 6.45) is -0.231. The molecule has 0 aromatic carbocycles. The minimum absolute atomic E-state index is 0.0975. The monoisotopic (exact) mass is 175 g/mol. The van der Waals surface area contributed by atoms with E-state index in [1.807, 2.05) is 6.92 Å². The number of hydrogen-bond acceptors (Lipinski definition) is 4. The van der Waals surface area contributed by atoms with Crippen molar-refractivity contribution in [2.75, 3.05) is 13.6 Å². The van der Waals surface area contributed by atoms with Crippen LogP contribution in [0.4, 0.5) is 0 Å². The Balaban J connectivity index is 4.20. The van der Waals surface area contributed by atoms with Crippen LogP contribution in [-0.4, -0.2) is 41.8 Å². The third kappa shape index (κ3) is 2.77. The number of amides is 1. The molecule has 5 heteroatoms. The molecule has 12 heavy (non-hydrogen) atoms. The van der Waals surface area contributed by atoms with Gasteiger partial charge in [-0.2, -0.15) is 0 Å². The van der Waals surface area contributed by atoms with Crippen molar-refractivity contribution in [3.8, 4) is 0 Å². The van der Waals surface area contributed by atoms with Crippen LogP contribution in [-0.2, 0) is 4.79 Å². The van der Waals surface area contributed by atoms with E-state index in [4.69, 9.17) is 11.5 Å². The zero-order valence-corrected chi connectivity index (χ0v) is 7.53. The number of nitrogens with two attached hydrogens (primary N) is 2. The number of primary amides is 1. The molecule has 0 aliphatic carbocycles. The first-order chi connectivity index (χ1) is 5.54. The molecule has 2 atom stereocenters. The Bertz CT molecular complexity index is 152. The van der Waals surface area contributed by atoms with Gasteiger partial charge in [-0.15, -0.1) is 0 Å². The number of hydrogen-bond donors (Lipinski definition) is 3. The standard InChI is InChI=1S/C7H17N3O2/c1-3-5(7(9)12)10(2)6(11)4-8/h5-6,11H,3-4,8H2,1-2H3,(H2,9,12)/t5-,6?/m0/s1. The number of nitrogens with zero attached hydrogens (tertiary/aromatic N) is 1. The van der Waals surface area contributed by atoms with Gasteiger partial charge in [0, 0.05) is 6.54 Å². The zero-order valence-electron chi connectivity index (χ0n) is 7.53. The van der Waals surface area contributed by atoms with Crippen molar-refractivity contribution in [2.45, 2.75) is 25.6 Å². The van der Waals surface area contributed by atoms with Crippen LogP contribution in [0.2, 0.25) is 0 Å². The molecule has 5 nitrogen and oxygen atoms in total. The Morgan fingerprint density at radius 1 is 1.67 bits per heavy atom. The SMILES string of the molecule is CC[C@@H](C(N)=O)N(C)C(O)CN. The lowest BCUT2D eigenvalue weighted by atomic mass is 10.2. The van der Waals surface area contributed by atoms with E-state index in [1.165, 1.54) is 4.90 Å². The molecule has 0 radical (unpaired) electrons. The van der Waals surface area contributed by atoms with Crippen LogP contribution < -0.4 is 11.5 Å². The number of aliphatic hydroxyl groups excluding tert-OH is 1. The van der Waals surface area contributed by atoms with Gasteiger partial charge in [0.25, 0.3) is 0 Å². The lowest BCUT2D eigenvalue weighted by Crippen LogP contribution is -2.49. The Kier molecular flexibility index (Phi) is 4.80. The fourth-order valence-corrected chi connectivity index (χ4v) is 1.06. The quantitative estimate of drug-likeness (QED) is 0.441. The highest BCUT2D eigenvalue weighted by Gasteiger charge is 2.22. The molecule has 1 unspecified atom stereocenters. The average molecular weight is 175 g/mol. The molecule has 0 spiro atoms. The topological polar surface area (TPSA) is 92.6 Å². The van der Waals surface area contributed by atoms with Crippen molar-refractivity contribution in [1.82, 2.24) is 4.90 Å². The molecule has 0 aromatic rings. The maximum Gasteiger partial charge on any atom is 0.234 e. The number of carbonyl (C=O) groups is 1. The van der Waals surface area contributed by atoms with Crippen LogP contribution in [0.5, 0.6) is 0 Å². The van der Waals surface area contributed by atoms with Gasteiger partial charge in [0.05, 0.1) is 6.04 Å². The maximum absolute atomic E-state index is 10.8. The van der Waals surface area contributed by atoms with E-state index >= 15 is 0 Å². The molecule has 0 bridgehead atoms. The van der Waals surface area contributed by atoms with Gasteiger partial charge in [0.2, 0.25) is 5.91 Å². The molecule has 0 aliphatic rings. The maximum atomic E-state index is 10.8. The average Bonchev–Trinajstić information content (AvgIpc) is 2.03. The number of likely N-dealkylation sites (N-methyl/N-ethyl adjacent to an activating group) is 1. The number of aliphatic hydroxyl groups is 1. The summed E-state index contributed by atoms with van der Waals surface area (Å²) in [5.74, 6) is -0.437. The van der Waals surface area contributed by atoms with E-state index < -0.39 is 18.2 Å². The lowest BCUT2D eigenvalue weighted by molar-refractivity contribution is -0.126. The van der Waals surface area contributed by atoms with Gasteiger partial charge in [-0.05, 0) is 13.5 Å². The molecular formula is C7H17N3O2. The summed E-state index contributed by atoms with van der Waals surface area (Å²) >= 11 is 0. The summed E-state index contributed by atoms with van der Waals surface area (Å²) in [5, 5.41) is 9.27. The summed E-state index contributed by atoms with van der Waals surface area (Å²) in [7, 11) is 1.62. The summed E-state index contributed by atoms with van der Waals surface area (Å²) in [5.41, 5.74) is 10.3. The predicted octanol–water partition coefficient (Wildman–Crippen LogP) is -1.54. The van der Waals surface area contributed by atoms with E-state index in [2.05, 4.69) is 0 Å². The number of carbonyl (C=O) groups excluding carboxylic acids is 1. The minimum Gasteiger partial charge on any atom is -0.377 e. The van der Waals surface area contributed by atoms with Gasteiger partial charge >= 0.3 is 0 Å². The van der Waals surface area contributed by atoms with Crippen LogP contribution in [0.25, 0.3) is 0 Å². The second-order valence-electron chi connectivity index (χ2n) is 2.71. The molecule has 0 fully saturated rings. The lowest BCUT2D eigenvalue weighted by Gasteiger charge is -2.28. The van der Waals surface area contributed by atoms with Gasteiger partial charge < -0.3 is 16.6 Å². The van der Waals surface area contributed by atoms with Crippen LogP contribution >= 0.6 is 0 Å². The zero-order chi connectivity index (χ0) is 9.72. The molecule has 72 valence electrons. The van der Waals surface area contributed by atoms with Crippen LogP contribution in [0, 0.1) is 0 Å². The highest BCUT2D eigenvalue weighted by atomic mass is 16.3. The first-order valence-electron chi connectivity index (χ1n) is 3.94. The predicted molar refractivity (Wildman–Crippen MR) is 46.1 cm³/mol. The fraction of sp³-hybridized carbons (Fsp3) is 0.857. The first-order valence-corrected chi connectivity index (χ1v) is 3.94. The molecular weight excluding hydrogens is 158 g/mol. The van der Waals surface area contributed by atoms with Gasteiger partial charge in [0.15, 0.2) is 0 Å². The van der Waals surface area contributed by atoms with E-state index in [1.54, 1.807) is 7.05 Å². The van der Waals surface area contributed by atoms with E-state index in [0.717, 1.165) is 0 Å². The van der Waals surface area contributed by atoms with Gasteiger partial charge in [0.1, 0.15) is 6.23 Å². The normalized spacial score (nSPS) is 16.1. The molecule has 5 N–H and O–H groups in total. The van der Waals surface area contributed by atoms with Crippen molar-refractivity contribution >= 4 is 5.91 Å². The molecule has 1 amide bonds. The van der Waals surface area contributed by atoms with Gasteiger partial charge in [-0.1, -0.05) is 6.92 Å². The Labute approximate surface area is 72.3 Å². The summed E-state index contributed by atoms with van der Waals surface area (Å²) in [4.78, 5) is 12.3. The van der Waals surface area contributed by atoms with E-state index in [9.17, 15) is 9.90 Å². The van der Waals surface area contributed by atoms with E-state index in [-0.39, 0.29) is 6.54 Å². The highest BCUT2D eigenvalue weighted by Crippen LogP contribution is 2.03. The Morgan fingerprint density at radius 3 is 2.42 bits per heavy atom. The number of rotatable bonds is 5. The smallest absolute Gasteiger partial charge is 0.234 e. The van der Waals surface area contributed by atoms with Crippen LogP contribution in [0.3, 0.4) is 0 Å². The first kappa shape index (κ1) is 11.4. The van der Waals surface area contributed by atoms with Crippen molar-refractivity contribution < 1.29 is 9.90 Å². The fourth-order valence-electron chi connectivity index (χ4n) is 1.06. The second-order valence-corrected chi connectivity index (χ2v) is 2.71. The Morgan fingerprint density at radius 2 is 2.17 bits per heavy atom. The van der Waals surface area contributed by atoms with Gasteiger partial charge in [-0.25, -0.2) is 0 Å². The molecule has 0 saturated heterocycles.